The number of rotatable bonds is 4. The first-order valence-electron chi connectivity index (χ1n) is 5.92. The third kappa shape index (κ3) is 3.33. The predicted octanol–water partition coefficient (Wildman–Crippen LogP) is -0.630. The van der Waals surface area contributed by atoms with Gasteiger partial charge in [0.1, 0.15) is 0 Å². The minimum absolute atomic E-state index is 0.122. The van der Waals surface area contributed by atoms with Crippen molar-refractivity contribution in [3.05, 3.63) is 11.2 Å². The van der Waals surface area contributed by atoms with Crippen LogP contribution in [0.1, 0.15) is 10.5 Å². The van der Waals surface area contributed by atoms with Crippen molar-refractivity contribution >= 4 is 27.3 Å². The fraction of sp³-hybridized carbons (Fsp3) is 0.600. The number of sulfonamides is 1. The van der Waals surface area contributed by atoms with Crippen molar-refractivity contribution in [2.75, 3.05) is 40.3 Å². The zero-order valence-electron chi connectivity index (χ0n) is 11.2. The highest BCUT2D eigenvalue weighted by Gasteiger charge is 2.29. The van der Waals surface area contributed by atoms with Gasteiger partial charge in [-0.3, -0.25) is 0 Å². The van der Waals surface area contributed by atoms with E-state index in [1.807, 2.05) is 7.05 Å². The van der Waals surface area contributed by atoms with Crippen molar-refractivity contribution in [1.82, 2.24) is 19.7 Å². The summed E-state index contributed by atoms with van der Waals surface area (Å²) in [6.45, 7) is 2.72. The lowest BCUT2D eigenvalue weighted by molar-refractivity contribution is 0.0590. The van der Waals surface area contributed by atoms with E-state index in [9.17, 15) is 13.2 Å². The highest BCUT2D eigenvalue weighted by molar-refractivity contribution is 7.91. The lowest BCUT2D eigenvalue weighted by atomic mass is 10.4. The van der Waals surface area contributed by atoms with E-state index in [2.05, 4.69) is 19.5 Å². The van der Waals surface area contributed by atoms with E-state index in [1.165, 1.54) is 12.6 Å². The van der Waals surface area contributed by atoms with Gasteiger partial charge < -0.3 is 9.64 Å². The summed E-state index contributed by atoms with van der Waals surface area (Å²) in [6, 6.07) is 0. The number of nitrogens with one attached hydrogen (secondary N) is 1. The van der Waals surface area contributed by atoms with E-state index in [4.69, 9.17) is 0 Å². The monoisotopic (exact) mass is 320 g/mol. The number of esters is 1. The van der Waals surface area contributed by atoms with Gasteiger partial charge in [-0.15, -0.1) is 16.2 Å². The third-order valence-electron chi connectivity index (χ3n) is 2.91. The number of aromatic nitrogens is 1. The molecule has 10 heteroatoms. The van der Waals surface area contributed by atoms with Gasteiger partial charge in [0.2, 0.25) is 0 Å². The molecule has 0 atom stereocenters. The largest absolute Gasteiger partial charge is 0.464 e. The molecule has 0 unspecified atom stereocenters. The first-order valence-corrected chi connectivity index (χ1v) is 8.28. The topological polar surface area (TPSA) is 91.8 Å². The number of hydrogen-bond donors (Lipinski definition) is 1. The number of thiazole rings is 1. The molecule has 1 aromatic heterocycles. The number of carbonyl (C=O) groups is 1. The van der Waals surface area contributed by atoms with Gasteiger partial charge >= 0.3 is 5.97 Å². The fourth-order valence-corrected chi connectivity index (χ4v) is 4.01. The molecule has 8 nitrogen and oxygen atoms in total. The predicted molar refractivity (Wildman–Crippen MR) is 72.8 cm³/mol. The number of methoxy groups -OCH3 is 1. The Balaban J connectivity index is 2.15. The third-order valence-corrected chi connectivity index (χ3v) is 5.66. The summed E-state index contributed by atoms with van der Waals surface area (Å²) in [6.07, 6.45) is 0. The van der Waals surface area contributed by atoms with E-state index < -0.39 is 16.0 Å². The standard InChI is InChI=1S/C10H16N4O4S2/c1-13-3-5-14(6-4-13)12-20(16,17)10-8(9(15)18-2)11-7-19-10/h7,12H,3-6H2,1-2H3. The van der Waals surface area contributed by atoms with Crippen molar-refractivity contribution in [1.29, 1.82) is 0 Å². The molecule has 1 aliphatic rings. The van der Waals surface area contributed by atoms with Crippen molar-refractivity contribution in [3.8, 4) is 0 Å². The molecule has 1 saturated heterocycles. The van der Waals surface area contributed by atoms with Crippen LogP contribution in [-0.4, -0.2) is 69.6 Å². The van der Waals surface area contributed by atoms with Crippen LogP contribution >= 0.6 is 11.3 Å². The van der Waals surface area contributed by atoms with Crippen LogP contribution in [-0.2, 0) is 14.8 Å². The smallest absolute Gasteiger partial charge is 0.358 e. The molecule has 0 spiro atoms. The number of ether oxygens (including phenoxy) is 1. The lowest BCUT2D eigenvalue weighted by Gasteiger charge is -2.31. The summed E-state index contributed by atoms with van der Waals surface area (Å²) in [5, 5.41) is 1.62. The molecule has 0 amide bonds. The van der Waals surface area contributed by atoms with Gasteiger partial charge in [-0.05, 0) is 7.05 Å². The molecule has 1 aromatic rings. The number of piperazine rings is 1. The Morgan fingerprint density at radius 3 is 2.65 bits per heavy atom. The van der Waals surface area contributed by atoms with Crippen LogP contribution in [0, 0.1) is 0 Å². The first-order chi connectivity index (χ1) is 9.44. The van der Waals surface area contributed by atoms with E-state index in [0.29, 0.717) is 13.1 Å². The number of carbonyl (C=O) groups excluding carboxylic acids is 1. The molecule has 112 valence electrons. The highest BCUT2D eigenvalue weighted by atomic mass is 32.2. The van der Waals surface area contributed by atoms with Gasteiger partial charge in [-0.1, -0.05) is 0 Å². The second kappa shape index (κ2) is 6.14. The Bertz CT molecular complexity index is 578. The number of hydrogen-bond acceptors (Lipinski definition) is 8. The lowest BCUT2D eigenvalue weighted by Crippen LogP contribution is -2.52. The summed E-state index contributed by atoms with van der Waals surface area (Å²) in [5.74, 6) is -0.759. The summed E-state index contributed by atoms with van der Waals surface area (Å²) < 4.78 is 29.0. The molecule has 1 aliphatic heterocycles. The van der Waals surface area contributed by atoms with Crippen molar-refractivity contribution in [3.63, 3.8) is 0 Å². The number of nitrogens with zero attached hydrogens (tertiary/aromatic N) is 3. The molecule has 0 saturated carbocycles. The Hall–Kier alpha value is -1.07. The Labute approximate surface area is 121 Å². The quantitative estimate of drug-likeness (QED) is 0.739. The van der Waals surface area contributed by atoms with Gasteiger partial charge in [0.05, 0.1) is 12.6 Å². The maximum Gasteiger partial charge on any atom is 0.358 e. The van der Waals surface area contributed by atoms with Crippen molar-refractivity contribution in [2.45, 2.75) is 4.21 Å². The molecule has 0 bridgehead atoms. The Morgan fingerprint density at radius 2 is 2.05 bits per heavy atom. The summed E-state index contributed by atoms with van der Waals surface area (Å²) in [7, 11) is -0.644. The second-order valence-corrected chi connectivity index (χ2v) is 7.08. The van der Waals surface area contributed by atoms with Crippen LogP contribution in [0.4, 0.5) is 0 Å². The summed E-state index contributed by atoms with van der Waals surface area (Å²) in [5.41, 5.74) is 1.13. The first kappa shape index (κ1) is 15.3. The zero-order chi connectivity index (χ0) is 14.8. The van der Waals surface area contributed by atoms with Crippen LogP contribution in [0.25, 0.3) is 0 Å². The van der Waals surface area contributed by atoms with E-state index in [0.717, 1.165) is 24.4 Å². The van der Waals surface area contributed by atoms with Crippen LogP contribution in [0.15, 0.2) is 9.72 Å². The highest BCUT2D eigenvalue weighted by Crippen LogP contribution is 2.20. The fourth-order valence-electron chi connectivity index (χ4n) is 1.77. The van der Waals surface area contributed by atoms with Gasteiger partial charge in [0.15, 0.2) is 9.90 Å². The molecule has 0 aliphatic carbocycles. The van der Waals surface area contributed by atoms with Gasteiger partial charge in [-0.25, -0.2) is 23.2 Å². The average Bonchev–Trinajstić information content (AvgIpc) is 2.90. The number of hydrazine groups is 1. The van der Waals surface area contributed by atoms with Crippen LogP contribution in [0.5, 0.6) is 0 Å². The van der Waals surface area contributed by atoms with E-state index >= 15 is 0 Å². The summed E-state index contributed by atoms with van der Waals surface area (Å²) >= 11 is 0.890. The SMILES string of the molecule is COC(=O)c1ncsc1S(=O)(=O)NN1CCN(C)CC1. The van der Waals surface area contributed by atoms with E-state index in [-0.39, 0.29) is 9.90 Å². The van der Waals surface area contributed by atoms with Crippen LogP contribution in [0.3, 0.4) is 0 Å². The molecule has 2 heterocycles. The minimum Gasteiger partial charge on any atom is -0.464 e. The van der Waals surface area contributed by atoms with E-state index in [1.54, 1.807) is 5.01 Å². The van der Waals surface area contributed by atoms with Gasteiger partial charge in [0.25, 0.3) is 10.0 Å². The maximum absolute atomic E-state index is 12.3. The Kier molecular flexibility index (Phi) is 4.70. The van der Waals surface area contributed by atoms with Crippen molar-refractivity contribution < 1.29 is 17.9 Å². The Morgan fingerprint density at radius 1 is 1.40 bits per heavy atom. The van der Waals surface area contributed by atoms with Crippen molar-refractivity contribution in [2.24, 2.45) is 0 Å². The normalized spacial score (nSPS) is 18.1. The van der Waals surface area contributed by atoms with Gasteiger partial charge in [-0.2, -0.15) is 0 Å². The number of likely N-dealkylation sites (N-methyl/N-ethyl adjacent to an activating group) is 1. The minimum atomic E-state index is -3.81. The molecular formula is C10H16N4O4S2. The molecule has 1 N–H and O–H groups in total. The average molecular weight is 320 g/mol. The van der Waals surface area contributed by atoms with Crippen LogP contribution in [0.2, 0.25) is 0 Å². The molecular weight excluding hydrogens is 304 g/mol. The molecule has 2 rings (SSSR count). The molecule has 20 heavy (non-hydrogen) atoms. The van der Waals surface area contributed by atoms with Crippen LogP contribution < -0.4 is 4.83 Å². The molecule has 0 aromatic carbocycles. The van der Waals surface area contributed by atoms with Gasteiger partial charge in [0, 0.05) is 26.2 Å². The zero-order valence-corrected chi connectivity index (χ0v) is 12.8. The second-order valence-electron chi connectivity index (χ2n) is 4.37. The molecule has 1 fully saturated rings. The summed E-state index contributed by atoms with van der Waals surface area (Å²) in [4.78, 5) is 19.8. The molecule has 0 radical (unpaired) electrons. The maximum atomic E-state index is 12.3.